The van der Waals surface area contributed by atoms with Crippen molar-refractivity contribution in [2.75, 3.05) is 32.8 Å². The third-order valence-corrected chi connectivity index (χ3v) is 3.82. The number of likely N-dealkylation sites (tertiary alicyclic amines) is 1. The molecule has 2 N–H and O–H groups in total. The van der Waals surface area contributed by atoms with Crippen molar-refractivity contribution < 1.29 is 4.74 Å². The predicted octanol–water partition coefficient (Wildman–Crippen LogP) is 2.25. The van der Waals surface area contributed by atoms with Crippen molar-refractivity contribution in [2.45, 2.75) is 52.6 Å². The van der Waals surface area contributed by atoms with Gasteiger partial charge in [0.05, 0.1) is 6.10 Å². The van der Waals surface area contributed by atoms with Gasteiger partial charge in [0.25, 0.3) is 0 Å². The average Bonchev–Trinajstić information content (AvgIpc) is 2.30. The lowest BCUT2D eigenvalue weighted by Crippen LogP contribution is -2.46. The zero-order valence-electron chi connectivity index (χ0n) is 11.9. The third-order valence-electron chi connectivity index (χ3n) is 3.82. The number of ether oxygens (including phenoxy) is 1. The van der Waals surface area contributed by atoms with Gasteiger partial charge in [0, 0.05) is 19.7 Å². The van der Waals surface area contributed by atoms with E-state index in [-0.39, 0.29) is 5.41 Å². The van der Waals surface area contributed by atoms with Crippen molar-refractivity contribution in [2.24, 2.45) is 11.1 Å². The fourth-order valence-electron chi connectivity index (χ4n) is 2.92. The Labute approximate surface area is 107 Å². The van der Waals surface area contributed by atoms with Gasteiger partial charge in [-0.15, -0.1) is 0 Å². The van der Waals surface area contributed by atoms with Gasteiger partial charge >= 0.3 is 0 Å². The Balaban J connectivity index is 2.43. The molecule has 1 aliphatic rings. The van der Waals surface area contributed by atoms with Crippen LogP contribution in [-0.2, 0) is 4.74 Å². The van der Waals surface area contributed by atoms with Gasteiger partial charge in [0.2, 0.25) is 0 Å². The quantitative estimate of drug-likeness (QED) is 0.744. The van der Waals surface area contributed by atoms with E-state index in [0.717, 1.165) is 26.2 Å². The summed E-state index contributed by atoms with van der Waals surface area (Å²) in [4.78, 5) is 2.55. The van der Waals surface area contributed by atoms with Crippen LogP contribution >= 0.6 is 0 Å². The second-order valence-corrected chi connectivity index (χ2v) is 5.72. The molecule has 3 heteroatoms. The summed E-state index contributed by atoms with van der Waals surface area (Å²) in [5.41, 5.74) is 6.23. The normalized spacial score (nSPS) is 25.8. The molecule has 0 aliphatic carbocycles. The van der Waals surface area contributed by atoms with Crippen molar-refractivity contribution in [3.05, 3.63) is 0 Å². The number of nitrogens with two attached hydrogens (primary N) is 1. The van der Waals surface area contributed by atoms with Crippen LogP contribution in [0, 0.1) is 5.41 Å². The highest BCUT2D eigenvalue weighted by molar-refractivity contribution is 4.82. The zero-order chi connectivity index (χ0) is 12.7. The van der Waals surface area contributed by atoms with E-state index in [1.165, 1.54) is 32.2 Å². The van der Waals surface area contributed by atoms with E-state index in [0.29, 0.717) is 6.10 Å². The molecule has 1 fully saturated rings. The topological polar surface area (TPSA) is 38.5 Å². The summed E-state index contributed by atoms with van der Waals surface area (Å²) >= 11 is 0. The van der Waals surface area contributed by atoms with Gasteiger partial charge in [-0.1, -0.05) is 20.3 Å². The van der Waals surface area contributed by atoms with Crippen molar-refractivity contribution in [1.82, 2.24) is 4.90 Å². The molecular formula is C14H30N2O. The van der Waals surface area contributed by atoms with E-state index >= 15 is 0 Å². The molecule has 2 atom stereocenters. The molecule has 2 unspecified atom stereocenters. The molecule has 1 heterocycles. The molecule has 0 radical (unpaired) electrons. The third kappa shape index (κ3) is 4.94. The Morgan fingerprint density at radius 1 is 1.41 bits per heavy atom. The molecule has 1 rings (SSSR count). The molecule has 3 nitrogen and oxygen atoms in total. The van der Waals surface area contributed by atoms with Crippen molar-refractivity contribution in [1.29, 1.82) is 0 Å². The highest BCUT2D eigenvalue weighted by atomic mass is 16.5. The van der Waals surface area contributed by atoms with Crippen molar-refractivity contribution >= 4 is 0 Å². The average molecular weight is 242 g/mol. The maximum atomic E-state index is 5.95. The minimum atomic E-state index is 0.281. The number of nitrogens with zero attached hydrogens (tertiary/aromatic N) is 1. The van der Waals surface area contributed by atoms with Gasteiger partial charge in [-0.25, -0.2) is 0 Å². The molecule has 0 spiro atoms. The molecule has 0 saturated carbocycles. The van der Waals surface area contributed by atoms with Gasteiger partial charge in [-0.3, -0.25) is 0 Å². The van der Waals surface area contributed by atoms with Crippen LogP contribution in [0.5, 0.6) is 0 Å². The SMILES string of the molecule is CCCC(C)(CN)CN1CCCC(OCC)C1. The maximum Gasteiger partial charge on any atom is 0.0702 e. The summed E-state index contributed by atoms with van der Waals surface area (Å²) in [7, 11) is 0. The fourth-order valence-corrected chi connectivity index (χ4v) is 2.92. The second-order valence-electron chi connectivity index (χ2n) is 5.72. The Morgan fingerprint density at radius 2 is 2.18 bits per heavy atom. The smallest absolute Gasteiger partial charge is 0.0702 e. The van der Waals surface area contributed by atoms with E-state index in [1.807, 2.05) is 0 Å². The van der Waals surface area contributed by atoms with Crippen LogP contribution in [-0.4, -0.2) is 43.8 Å². The van der Waals surface area contributed by atoms with E-state index < -0.39 is 0 Å². The first-order valence-electron chi connectivity index (χ1n) is 7.17. The Kier molecular flexibility index (Phi) is 6.45. The van der Waals surface area contributed by atoms with E-state index in [4.69, 9.17) is 10.5 Å². The van der Waals surface area contributed by atoms with Gasteiger partial charge in [0.15, 0.2) is 0 Å². The standard InChI is InChI=1S/C14H30N2O/c1-4-8-14(3,11-15)12-16-9-6-7-13(10-16)17-5-2/h13H,4-12,15H2,1-3H3. The van der Waals surface area contributed by atoms with Crippen LogP contribution in [0.25, 0.3) is 0 Å². The lowest BCUT2D eigenvalue weighted by molar-refractivity contribution is -0.00531. The fraction of sp³-hybridized carbons (Fsp3) is 1.00. The minimum Gasteiger partial charge on any atom is -0.377 e. The van der Waals surface area contributed by atoms with E-state index in [2.05, 4.69) is 25.7 Å². The first-order chi connectivity index (χ1) is 8.13. The maximum absolute atomic E-state index is 5.95. The van der Waals surface area contributed by atoms with Crippen molar-refractivity contribution in [3.63, 3.8) is 0 Å². The van der Waals surface area contributed by atoms with Crippen LogP contribution < -0.4 is 5.73 Å². The molecule has 0 aromatic rings. The summed E-state index contributed by atoms with van der Waals surface area (Å²) in [5.74, 6) is 0. The predicted molar refractivity (Wildman–Crippen MR) is 73.2 cm³/mol. The summed E-state index contributed by atoms with van der Waals surface area (Å²) in [6.45, 7) is 11.7. The van der Waals surface area contributed by atoms with Crippen LogP contribution in [0.4, 0.5) is 0 Å². The van der Waals surface area contributed by atoms with Crippen LogP contribution in [0.3, 0.4) is 0 Å². The highest BCUT2D eigenvalue weighted by Crippen LogP contribution is 2.25. The Morgan fingerprint density at radius 3 is 2.76 bits per heavy atom. The molecule has 0 aromatic carbocycles. The minimum absolute atomic E-state index is 0.281. The van der Waals surface area contributed by atoms with Crippen LogP contribution in [0.1, 0.15) is 46.5 Å². The molecule has 1 saturated heterocycles. The number of piperidine rings is 1. The molecule has 102 valence electrons. The van der Waals surface area contributed by atoms with E-state index in [9.17, 15) is 0 Å². The van der Waals surface area contributed by atoms with E-state index in [1.54, 1.807) is 0 Å². The molecule has 0 aromatic heterocycles. The lowest BCUT2D eigenvalue weighted by Gasteiger charge is -2.39. The molecule has 0 bridgehead atoms. The molecule has 17 heavy (non-hydrogen) atoms. The summed E-state index contributed by atoms with van der Waals surface area (Å²) in [5, 5.41) is 0. The largest absolute Gasteiger partial charge is 0.377 e. The highest BCUT2D eigenvalue weighted by Gasteiger charge is 2.28. The van der Waals surface area contributed by atoms with Crippen LogP contribution in [0.15, 0.2) is 0 Å². The number of hydrogen-bond acceptors (Lipinski definition) is 3. The monoisotopic (exact) mass is 242 g/mol. The summed E-state index contributed by atoms with van der Waals surface area (Å²) in [6, 6.07) is 0. The first kappa shape index (κ1) is 14.9. The Hall–Kier alpha value is -0.120. The first-order valence-corrected chi connectivity index (χ1v) is 7.17. The van der Waals surface area contributed by atoms with Crippen molar-refractivity contribution in [3.8, 4) is 0 Å². The summed E-state index contributed by atoms with van der Waals surface area (Å²) < 4.78 is 5.75. The summed E-state index contributed by atoms with van der Waals surface area (Å²) in [6.07, 6.45) is 5.36. The molecule has 1 aliphatic heterocycles. The van der Waals surface area contributed by atoms with Gasteiger partial charge in [-0.2, -0.15) is 0 Å². The van der Waals surface area contributed by atoms with Crippen LogP contribution in [0.2, 0.25) is 0 Å². The number of hydrogen-bond donors (Lipinski definition) is 1. The van der Waals surface area contributed by atoms with Gasteiger partial charge < -0.3 is 15.4 Å². The molecular weight excluding hydrogens is 212 g/mol. The van der Waals surface area contributed by atoms with Gasteiger partial charge in [0.1, 0.15) is 0 Å². The number of rotatable bonds is 7. The lowest BCUT2D eigenvalue weighted by atomic mass is 9.84. The van der Waals surface area contributed by atoms with Gasteiger partial charge in [-0.05, 0) is 44.7 Å². The second kappa shape index (κ2) is 7.34. The Bertz CT molecular complexity index is 208. The zero-order valence-corrected chi connectivity index (χ0v) is 11.9. The molecule has 0 amide bonds.